The Morgan fingerprint density at radius 1 is 1.11 bits per heavy atom. The SMILES string of the molecule is O=[N+]([O-])c1ccc2cccnc2c1-n1cccc1. The Bertz CT molecular complexity index is 720. The molecule has 18 heavy (non-hydrogen) atoms. The van der Waals surface area contributed by atoms with Crippen molar-refractivity contribution in [3.63, 3.8) is 0 Å². The standard InChI is InChI=1S/C13H9N3O2/c17-16(18)11-6-5-10-4-3-7-14-12(10)13(11)15-8-1-2-9-15/h1-9H. The maximum atomic E-state index is 11.1. The number of fused-ring (bicyclic) bond motifs is 1. The second-order valence-electron chi connectivity index (χ2n) is 3.86. The minimum absolute atomic E-state index is 0.0531. The van der Waals surface area contributed by atoms with Crippen LogP contribution in [0.1, 0.15) is 0 Å². The van der Waals surface area contributed by atoms with E-state index in [0.29, 0.717) is 11.2 Å². The Balaban J connectivity index is 2.43. The number of pyridine rings is 1. The van der Waals surface area contributed by atoms with Gasteiger partial charge in [0.2, 0.25) is 0 Å². The number of aromatic nitrogens is 2. The van der Waals surface area contributed by atoms with Crippen LogP contribution in [0.3, 0.4) is 0 Å². The van der Waals surface area contributed by atoms with Crippen molar-refractivity contribution in [3.8, 4) is 5.69 Å². The number of nitro groups is 1. The summed E-state index contributed by atoms with van der Waals surface area (Å²) in [6.45, 7) is 0. The summed E-state index contributed by atoms with van der Waals surface area (Å²) in [5.74, 6) is 0. The molecule has 0 saturated carbocycles. The first kappa shape index (κ1) is 10.5. The van der Waals surface area contributed by atoms with Crippen molar-refractivity contribution in [2.24, 2.45) is 0 Å². The normalized spacial score (nSPS) is 10.7. The van der Waals surface area contributed by atoms with Crippen LogP contribution in [0.15, 0.2) is 55.0 Å². The van der Waals surface area contributed by atoms with Gasteiger partial charge in [-0.1, -0.05) is 6.07 Å². The molecule has 3 aromatic rings. The van der Waals surface area contributed by atoms with Gasteiger partial charge < -0.3 is 4.57 Å². The molecule has 0 saturated heterocycles. The number of rotatable bonds is 2. The lowest BCUT2D eigenvalue weighted by Gasteiger charge is -2.07. The third-order valence-corrected chi connectivity index (χ3v) is 2.79. The van der Waals surface area contributed by atoms with E-state index in [4.69, 9.17) is 0 Å². The van der Waals surface area contributed by atoms with Crippen LogP contribution in [0.5, 0.6) is 0 Å². The molecule has 0 bridgehead atoms. The molecule has 1 aromatic carbocycles. The van der Waals surface area contributed by atoms with Crippen LogP contribution in [0.2, 0.25) is 0 Å². The Hall–Kier alpha value is -2.69. The maximum absolute atomic E-state index is 11.1. The second kappa shape index (κ2) is 3.96. The van der Waals surface area contributed by atoms with Crippen LogP contribution < -0.4 is 0 Å². The van der Waals surface area contributed by atoms with Gasteiger partial charge in [-0.15, -0.1) is 0 Å². The highest BCUT2D eigenvalue weighted by atomic mass is 16.6. The van der Waals surface area contributed by atoms with Gasteiger partial charge >= 0.3 is 0 Å². The highest BCUT2D eigenvalue weighted by molar-refractivity contribution is 5.90. The van der Waals surface area contributed by atoms with Crippen LogP contribution in [0.25, 0.3) is 16.6 Å². The summed E-state index contributed by atoms with van der Waals surface area (Å²) in [5, 5.41) is 12.0. The Labute approximate surface area is 102 Å². The predicted molar refractivity (Wildman–Crippen MR) is 67.7 cm³/mol. The largest absolute Gasteiger partial charge is 0.316 e. The van der Waals surface area contributed by atoms with E-state index < -0.39 is 0 Å². The molecule has 0 spiro atoms. The van der Waals surface area contributed by atoms with Crippen LogP contribution in [0, 0.1) is 10.1 Å². The zero-order valence-corrected chi connectivity index (χ0v) is 9.35. The van der Waals surface area contributed by atoms with E-state index >= 15 is 0 Å². The molecule has 0 radical (unpaired) electrons. The summed E-state index contributed by atoms with van der Waals surface area (Å²) >= 11 is 0. The van der Waals surface area contributed by atoms with E-state index in [9.17, 15) is 10.1 Å². The molecule has 0 fully saturated rings. The molecule has 88 valence electrons. The van der Waals surface area contributed by atoms with E-state index in [1.807, 2.05) is 24.3 Å². The topological polar surface area (TPSA) is 61.0 Å². The van der Waals surface area contributed by atoms with Gasteiger partial charge in [0.05, 0.1) is 4.92 Å². The van der Waals surface area contributed by atoms with E-state index in [1.54, 1.807) is 29.2 Å². The fourth-order valence-corrected chi connectivity index (χ4v) is 2.00. The fraction of sp³-hybridized carbons (Fsp3) is 0. The summed E-state index contributed by atoms with van der Waals surface area (Å²) in [7, 11) is 0. The molecular formula is C13H9N3O2. The fourth-order valence-electron chi connectivity index (χ4n) is 2.00. The minimum atomic E-state index is -0.385. The van der Waals surface area contributed by atoms with Gasteiger partial charge in [-0.2, -0.15) is 0 Å². The van der Waals surface area contributed by atoms with Gasteiger partial charge in [-0.25, -0.2) is 0 Å². The molecule has 5 heteroatoms. The number of hydrogen-bond acceptors (Lipinski definition) is 3. The zero-order chi connectivity index (χ0) is 12.5. The van der Waals surface area contributed by atoms with E-state index in [2.05, 4.69) is 4.98 Å². The first-order valence-corrected chi connectivity index (χ1v) is 5.43. The Kier molecular flexibility index (Phi) is 2.30. The highest BCUT2D eigenvalue weighted by Crippen LogP contribution is 2.29. The summed E-state index contributed by atoms with van der Waals surface area (Å²) in [6.07, 6.45) is 5.19. The predicted octanol–water partition coefficient (Wildman–Crippen LogP) is 2.93. The van der Waals surface area contributed by atoms with Crippen molar-refractivity contribution in [1.29, 1.82) is 0 Å². The lowest BCUT2D eigenvalue weighted by Crippen LogP contribution is -2.00. The molecule has 0 aliphatic heterocycles. The van der Waals surface area contributed by atoms with Crippen molar-refractivity contribution in [2.45, 2.75) is 0 Å². The molecule has 0 amide bonds. The molecular weight excluding hydrogens is 230 g/mol. The zero-order valence-electron chi connectivity index (χ0n) is 9.35. The second-order valence-corrected chi connectivity index (χ2v) is 3.86. The maximum Gasteiger partial charge on any atom is 0.295 e. The van der Waals surface area contributed by atoms with E-state index in [-0.39, 0.29) is 10.6 Å². The molecule has 3 rings (SSSR count). The molecule has 0 aliphatic rings. The van der Waals surface area contributed by atoms with Crippen LogP contribution in [-0.4, -0.2) is 14.5 Å². The molecule has 0 aliphatic carbocycles. The average Bonchev–Trinajstić information content (AvgIpc) is 2.90. The summed E-state index contributed by atoms with van der Waals surface area (Å²) in [6, 6.07) is 10.6. The Morgan fingerprint density at radius 3 is 2.61 bits per heavy atom. The van der Waals surface area contributed by atoms with Gasteiger partial charge in [0, 0.05) is 30.0 Å². The quantitative estimate of drug-likeness (QED) is 0.510. The Morgan fingerprint density at radius 2 is 1.89 bits per heavy atom. The van der Waals surface area contributed by atoms with Crippen molar-refractivity contribution in [2.75, 3.05) is 0 Å². The van der Waals surface area contributed by atoms with Crippen molar-refractivity contribution >= 4 is 16.6 Å². The molecule has 0 N–H and O–H groups in total. The number of benzene rings is 1. The molecule has 5 nitrogen and oxygen atoms in total. The first-order valence-electron chi connectivity index (χ1n) is 5.43. The van der Waals surface area contributed by atoms with Crippen molar-refractivity contribution in [1.82, 2.24) is 9.55 Å². The van der Waals surface area contributed by atoms with Gasteiger partial charge in [0.1, 0.15) is 5.52 Å². The monoisotopic (exact) mass is 239 g/mol. The molecule has 2 aromatic heterocycles. The summed E-state index contributed by atoms with van der Waals surface area (Å²) < 4.78 is 1.72. The van der Waals surface area contributed by atoms with Crippen LogP contribution >= 0.6 is 0 Å². The van der Waals surface area contributed by atoms with Gasteiger partial charge in [0.15, 0.2) is 5.69 Å². The molecule has 0 unspecified atom stereocenters. The van der Waals surface area contributed by atoms with E-state index in [0.717, 1.165) is 5.39 Å². The lowest BCUT2D eigenvalue weighted by molar-refractivity contribution is -0.384. The highest BCUT2D eigenvalue weighted by Gasteiger charge is 2.18. The van der Waals surface area contributed by atoms with Crippen molar-refractivity contribution in [3.05, 3.63) is 65.1 Å². The number of hydrogen-bond donors (Lipinski definition) is 0. The average molecular weight is 239 g/mol. The van der Waals surface area contributed by atoms with Crippen LogP contribution in [0.4, 0.5) is 5.69 Å². The van der Waals surface area contributed by atoms with Crippen LogP contribution in [-0.2, 0) is 0 Å². The molecule has 0 atom stereocenters. The third-order valence-electron chi connectivity index (χ3n) is 2.79. The summed E-state index contributed by atoms with van der Waals surface area (Å²) in [4.78, 5) is 15.0. The lowest BCUT2D eigenvalue weighted by atomic mass is 10.1. The minimum Gasteiger partial charge on any atom is -0.316 e. The summed E-state index contributed by atoms with van der Waals surface area (Å²) in [5.41, 5.74) is 1.18. The van der Waals surface area contributed by atoms with Gasteiger partial charge in [-0.3, -0.25) is 15.1 Å². The van der Waals surface area contributed by atoms with Crippen molar-refractivity contribution < 1.29 is 4.92 Å². The molecule has 2 heterocycles. The smallest absolute Gasteiger partial charge is 0.295 e. The van der Waals surface area contributed by atoms with Gasteiger partial charge in [0.25, 0.3) is 5.69 Å². The number of nitrogens with zero attached hydrogens (tertiary/aromatic N) is 3. The van der Waals surface area contributed by atoms with Gasteiger partial charge in [-0.05, 0) is 24.3 Å². The third kappa shape index (κ3) is 1.53. The van der Waals surface area contributed by atoms with E-state index in [1.165, 1.54) is 6.07 Å². The first-order chi connectivity index (χ1) is 8.77. The number of nitro benzene ring substituents is 1.